The molecule has 1 amide bonds. The van der Waals surface area contributed by atoms with Crippen LogP contribution in [-0.2, 0) is 9.53 Å². The van der Waals surface area contributed by atoms with Crippen molar-refractivity contribution in [2.24, 2.45) is 0 Å². The van der Waals surface area contributed by atoms with Crippen LogP contribution in [0.25, 0.3) is 0 Å². The summed E-state index contributed by atoms with van der Waals surface area (Å²) in [5, 5.41) is 14.0. The van der Waals surface area contributed by atoms with Gasteiger partial charge in [0.25, 0.3) is 5.91 Å². The lowest BCUT2D eigenvalue weighted by Crippen LogP contribution is -2.31. The van der Waals surface area contributed by atoms with Gasteiger partial charge in [0.1, 0.15) is 13.2 Å². The van der Waals surface area contributed by atoms with E-state index < -0.39 is 29.1 Å². The van der Waals surface area contributed by atoms with Crippen LogP contribution in [-0.4, -0.2) is 43.7 Å². The van der Waals surface area contributed by atoms with Crippen LogP contribution in [0.15, 0.2) is 36.4 Å². The summed E-state index contributed by atoms with van der Waals surface area (Å²) < 4.78 is 20.9. The standard InChI is InChI=1S/C20H20N2O8/c1-12(13-3-6-17-18(10-13)29-8-7-28-17)21-19(23)11-30-16-5-4-14(20(24)27-2)9-15(16)22(25)26/h3-6,9-10,12H,7-8,11H2,1-2H3,(H,21,23)/t12-/m1/s1. The van der Waals surface area contributed by atoms with Crippen LogP contribution >= 0.6 is 0 Å². The van der Waals surface area contributed by atoms with Gasteiger partial charge < -0.3 is 24.3 Å². The van der Waals surface area contributed by atoms with E-state index in [2.05, 4.69) is 10.1 Å². The zero-order valence-electron chi connectivity index (χ0n) is 16.4. The molecule has 10 heteroatoms. The van der Waals surface area contributed by atoms with Gasteiger partial charge >= 0.3 is 11.7 Å². The van der Waals surface area contributed by atoms with Gasteiger partial charge in [-0.1, -0.05) is 6.07 Å². The van der Waals surface area contributed by atoms with Crippen molar-refractivity contribution in [3.63, 3.8) is 0 Å². The van der Waals surface area contributed by atoms with Gasteiger partial charge in [0, 0.05) is 6.07 Å². The van der Waals surface area contributed by atoms with E-state index in [-0.39, 0.29) is 17.4 Å². The third-order valence-electron chi connectivity index (χ3n) is 4.38. The van der Waals surface area contributed by atoms with Gasteiger partial charge in [0.15, 0.2) is 23.9 Å². The van der Waals surface area contributed by atoms with Gasteiger partial charge in [-0.25, -0.2) is 4.79 Å². The Labute approximate surface area is 171 Å². The van der Waals surface area contributed by atoms with Gasteiger partial charge in [0.2, 0.25) is 0 Å². The summed E-state index contributed by atoms with van der Waals surface area (Å²) in [5.41, 5.74) is 0.375. The van der Waals surface area contributed by atoms with E-state index >= 15 is 0 Å². The van der Waals surface area contributed by atoms with Crippen LogP contribution in [0.1, 0.15) is 28.9 Å². The molecule has 158 valence electrons. The number of hydrogen-bond acceptors (Lipinski definition) is 8. The van der Waals surface area contributed by atoms with Crippen LogP contribution in [0.2, 0.25) is 0 Å². The second-order valence-electron chi connectivity index (χ2n) is 6.41. The Morgan fingerprint density at radius 2 is 1.90 bits per heavy atom. The fourth-order valence-electron chi connectivity index (χ4n) is 2.87. The Morgan fingerprint density at radius 3 is 2.60 bits per heavy atom. The maximum atomic E-state index is 12.3. The number of carbonyl (C=O) groups excluding carboxylic acids is 2. The van der Waals surface area contributed by atoms with Crippen molar-refractivity contribution in [1.82, 2.24) is 5.32 Å². The van der Waals surface area contributed by atoms with Crippen LogP contribution in [0.4, 0.5) is 5.69 Å². The number of benzene rings is 2. The second-order valence-corrected chi connectivity index (χ2v) is 6.41. The molecule has 10 nitrogen and oxygen atoms in total. The zero-order chi connectivity index (χ0) is 21.7. The van der Waals surface area contributed by atoms with E-state index in [0.29, 0.717) is 24.7 Å². The number of nitro benzene ring substituents is 1. The summed E-state index contributed by atoms with van der Waals surface area (Å²) in [6.45, 7) is 2.30. The fourth-order valence-corrected chi connectivity index (χ4v) is 2.87. The number of fused-ring (bicyclic) bond motifs is 1. The minimum absolute atomic E-state index is 0.00762. The summed E-state index contributed by atoms with van der Waals surface area (Å²) in [6.07, 6.45) is 0. The molecule has 2 aromatic rings. The van der Waals surface area contributed by atoms with E-state index in [4.69, 9.17) is 14.2 Å². The molecule has 1 atom stereocenters. The lowest BCUT2D eigenvalue weighted by molar-refractivity contribution is -0.385. The molecule has 1 aliphatic heterocycles. The largest absolute Gasteiger partial charge is 0.486 e. The molecule has 0 aliphatic carbocycles. The topological polar surface area (TPSA) is 126 Å². The number of ether oxygens (including phenoxy) is 4. The molecule has 0 radical (unpaired) electrons. The molecule has 0 aromatic heterocycles. The van der Waals surface area contributed by atoms with Crippen LogP contribution in [0.5, 0.6) is 17.2 Å². The lowest BCUT2D eigenvalue weighted by Gasteiger charge is -2.21. The minimum atomic E-state index is -0.712. The minimum Gasteiger partial charge on any atom is -0.486 e. The Kier molecular flexibility index (Phi) is 6.35. The number of amides is 1. The Balaban J connectivity index is 1.63. The number of rotatable bonds is 7. The molecule has 0 saturated carbocycles. The number of esters is 1. The van der Waals surface area contributed by atoms with Crippen LogP contribution in [0.3, 0.4) is 0 Å². The SMILES string of the molecule is COC(=O)c1ccc(OCC(=O)N[C@H](C)c2ccc3c(c2)OCCO3)c([N+](=O)[O-])c1. The zero-order valence-corrected chi connectivity index (χ0v) is 16.4. The third kappa shape index (κ3) is 4.77. The summed E-state index contributed by atoms with van der Waals surface area (Å²) in [4.78, 5) is 34.4. The molecule has 3 rings (SSSR count). The van der Waals surface area contributed by atoms with E-state index in [9.17, 15) is 19.7 Å². The summed E-state index contributed by atoms with van der Waals surface area (Å²) >= 11 is 0. The van der Waals surface area contributed by atoms with Crippen molar-refractivity contribution in [3.8, 4) is 17.2 Å². The van der Waals surface area contributed by atoms with Gasteiger partial charge in [0.05, 0.1) is 23.6 Å². The van der Waals surface area contributed by atoms with Crippen molar-refractivity contribution in [2.45, 2.75) is 13.0 Å². The van der Waals surface area contributed by atoms with E-state index in [1.54, 1.807) is 19.1 Å². The highest BCUT2D eigenvalue weighted by molar-refractivity contribution is 5.90. The molecule has 0 fully saturated rings. The molecule has 0 bridgehead atoms. The van der Waals surface area contributed by atoms with Gasteiger partial charge in [-0.3, -0.25) is 14.9 Å². The number of hydrogen-bond donors (Lipinski definition) is 1. The van der Waals surface area contributed by atoms with Gasteiger partial charge in [-0.2, -0.15) is 0 Å². The van der Waals surface area contributed by atoms with Crippen molar-refractivity contribution in [3.05, 3.63) is 57.6 Å². The number of nitro groups is 1. The first-order valence-electron chi connectivity index (χ1n) is 9.07. The maximum absolute atomic E-state index is 12.3. The predicted octanol–water partition coefficient (Wildman–Crippen LogP) is 2.41. The van der Waals surface area contributed by atoms with E-state index in [1.807, 2.05) is 6.07 Å². The van der Waals surface area contributed by atoms with E-state index in [0.717, 1.165) is 11.6 Å². The molecular formula is C20H20N2O8. The Hall–Kier alpha value is -3.82. The predicted molar refractivity (Wildman–Crippen MR) is 104 cm³/mol. The third-order valence-corrected chi connectivity index (χ3v) is 4.38. The number of nitrogens with one attached hydrogen (secondary N) is 1. The summed E-state index contributed by atoms with van der Waals surface area (Å²) in [7, 11) is 1.17. The van der Waals surface area contributed by atoms with Crippen molar-refractivity contribution in [2.75, 3.05) is 26.9 Å². The molecule has 1 heterocycles. The lowest BCUT2D eigenvalue weighted by atomic mass is 10.1. The van der Waals surface area contributed by atoms with Crippen LogP contribution in [0, 0.1) is 10.1 Å². The van der Waals surface area contributed by atoms with E-state index in [1.165, 1.54) is 19.2 Å². The molecule has 1 aliphatic rings. The molecule has 1 N–H and O–H groups in total. The monoisotopic (exact) mass is 416 g/mol. The average molecular weight is 416 g/mol. The quantitative estimate of drug-likeness (QED) is 0.414. The normalized spacial score (nSPS) is 13.1. The maximum Gasteiger partial charge on any atom is 0.338 e. The molecule has 0 unspecified atom stereocenters. The smallest absolute Gasteiger partial charge is 0.338 e. The fraction of sp³-hybridized carbons (Fsp3) is 0.300. The number of nitrogens with zero attached hydrogens (tertiary/aromatic N) is 1. The highest BCUT2D eigenvalue weighted by Crippen LogP contribution is 2.32. The second kappa shape index (κ2) is 9.12. The first-order chi connectivity index (χ1) is 14.4. The highest BCUT2D eigenvalue weighted by atomic mass is 16.6. The molecule has 0 spiro atoms. The Morgan fingerprint density at radius 1 is 1.17 bits per heavy atom. The van der Waals surface area contributed by atoms with Crippen molar-refractivity contribution < 1.29 is 33.5 Å². The van der Waals surface area contributed by atoms with Gasteiger partial charge in [-0.15, -0.1) is 0 Å². The number of methoxy groups -OCH3 is 1. The molecule has 30 heavy (non-hydrogen) atoms. The molecule has 0 saturated heterocycles. The molecular weight excluding hydrogens is 396 g/mol. The Bertz CT molecular complexity index is 975. The van der Waals surface area contributed by atoms with Crippen molar-refractivity contribution in [1.29, 1.82) is 0 Å². The van der Waals surface area contributed by atoms with Gasteiger partial charge in [-0.05, 0) is 36.8 Å². The summed E-state index contributed by atoms with van der Waals surface area (Å²) in [6, 6.07) is 8.64. The first kappa shape index (κ1) is 20.9. The first-order valence-corrected chi connectivity index (χ1v) is 9.07. The number of carbonyl (C=O) groups is 2. The highest BCUT2D eigenvalue weighted by Gasteiger charge is 2.21. The van der Waals surface area contributed by atoms with Crippen molar-refractivity contribution >= 4 is 17.6 Å². The summed E-state index contributed by atoms with van der Waals surface area (Å²) in [5.74, 6) is -0.0545. The average Bonchev–Trinajstić information content (AvgIpc) is 2.76. The van der Waals surface area contributed by atoms with Crippen LogP contribution < -0.4 is 19.5 Å². The molecule has 2 aromatic carbocycles.